The highest BCUT2D eigenvalue weighted by molar-refractivity contribution is 5.95. The van der Waals surface area contributed by atoms with Crippen LogP contribution in [0.5, 0.6) is 0 Å². The Hall–Kier alpha value is -4.02. The third kappa shape index (κ3) is 5.78. The number of hydrogen-bond acceptors (Lipinski definition) is 4. The van der Waals surface area contributed by atoms with Crippen LogP contribution in [-0.4, -0.2) is 65.4 Å². The summed E-state index contributed by atoms with van der Waals surface area (Å²) in [6.45, 7) is 3.83. The molecule has 1 fully saturated rings. The largest absolute Gasteiger partial charge is 0.435 e. The lowest BCUT2D eigenvalue weighted by Crippen LogP contribution is -2.56. The first-order chi connectivity index (χ1) is 17.2. The van der Waals surface area contributed by atoms with Gasteiger partial charge in [-0.05, 0) is 31.2 Å². The summed E-state index contributed by atoms with van der Waals surface area (Å²) in [4.78, 5) is 29.0. The molecule has 2 N–H and O–H groups in total. The van der Waals surface area contributed by atoms with Crippen LogP contribution in [0.2, 0.25) is 0 Å². The number of piperazine rings is 1. The Morgan fingerprint density at radius 3 is 2.17 bits per heavy atom. The maximum absolute atomic E-state index is 13.5. The number of rotatable bonds is 6. The van der Waals surface area contributed by atoms with Gasteiger partial charge in [0.1, 0.15) is 0 Å². The van der Waals surface area contributed by atoms with Gasteiger partial charge in [0.25, 0.3) is 5.91 Å². The predicted octanol–water partition coefficient (Wildman–Crippen LogP) is 3.54. The molecular weight excluding hydrogens is 473 g/mol. The van der Waals surface area contributed by atoms with Gasteiger partial charge in [0.2, 0.25) is 0 Å². The third-order valence-electron chi connectivity index (χ3n) is 5.94. The van der Waals surface area contributed by atoms with Crippen molar-refractivity contribution in [2.75, 3.05) is 37.6 Å². The van der Waals surface area contributed by atoms with Gasteiger partial charge >= 0.3 is 12.2 Å². The molecule has 1 unspecified atom stereocenters. The zero-order chi connectivity index (χ0) is 25.7. The molecule has 0 saturated carbocycles. The lowest BCUT2D eigenvalue weighted by molar-refractivity contribution is -0.141. The quantitative estimate of drug-likeness (QED) is 0.508. The van der Waals surface area contributed by atoms with Crippen LogP contribution in [0.3, 0.4) is 0 Å². The number of nitrogens with zero attached hydrogens (tertiary/aromatic N) is 4. The van der Waals surface area contributed by atoms with Crippen LogP contribution in [0.1, 0.15) is 23.0 Å². The number of nitrogens with one attached hydrogen (secondary N) is 2. The summed E-state index contributed by atoms with van der Waals surface area (Å²) in [5, 5.41) is 8.74. The summed E-state index contributed by atoms with van der Waals surface area (Å²) < 4.78 is 41.5. The summed E-state index contributed by atoms with van der Waals surface area (Å²) in [5.74, 6) is -0.913. The number of carbonyl (C=O) groups excluding carboxylic acids is 2. The van der Waals surface area contributed by atoms with Crippen molar-refractivity contribution in [2.45, 2.75) is 19.1 Å². The maximum atomic E-state index is 13.5. The van der Waals surface area contributed by atoms with Crippen molar-refractivity contribution in [3.8, 4) is 5.69 Å². The number of alkyl halides is 3. The molecule has 8 nitrogen and oxygen atoms in total. The lowest BCUT2D eigenvalue weighted by atomic mass is 10.1. The lowest BCUT2D eigenvalue weighted by Gasteiger charge is -2.41. The molecule has 11 heteroatoms. The molecule has 2 heterocycles. The second-order valence-electron chi connectivity index (χ2n) is 8.48. The molecule has 4 rings (SSSR count). The third-order valence-corrected chi connectivity index (χ3v) is 5.94. The molecule has 0 spiro atoms. The predicted molar refractivity (Wildman–Crippen MR) is 129 cm³/mol. The minimum Gasteiger partial charge on any atom is -0.365 e. The highest BCUT2D eigenvalue weighted by atomic mass is 19.4. The number of amides is 3. The minimum atomic E-state index is -4.79. The normalized spacial score (nSPS) is 16.1. The first-order valence-corrected chi connectivity index (χ1v) is 11.6. The number of benzene rings is 2. The summed E-state index contributed by atoms with van der Waals surface area (Å²) in [5.41, 5.74) is -0.348. The van der Waals surface area contributed by atoms with Crippen molar-refractivity contribution in [3.05, 3.63) is 78.1 Å². The molecule has 3 aromatic rings. The number of hydrogen-bond donors (Lipinski definition) is 2. The van der Waals surface area contributed by atoms with Gasteiger partial charge in [-0.25, -0.2) is 9.48 Å². The van der Waals surface area contributed by atoms with E-state index in [1.807, 2.05) is 37.3 Å². The first-order valence-electron chi connectivity index (χ1n) is 11.6. The fraction of sp³-hybridized carbons (Fsp3) is 0.320. The fourth-order valence-corrected chi connectivity index (χ4v) is 4.16. The van der Waals surface area contributed by atoms with Crippen molar-refractivity contribution in [2.24, 2.45) is 0 Å². The van der Waals surface area contributed by atoms with Crippen LogP contribution in [0.25, 0.3) is 5.69 Å². The molecule has 2 aromatic carbocycles. The second kappa shape index (κ2) is 10.7. The van der Waals surface area contributed by atoms with Gasteiger partial charge in [-0.15, -0.1) is 0 Å². The maximum Gasteiger partial charge on any atom is 0.435 e. The Balaban J connectivity index is 1.29. The molecule has 0 aliphatic carbocycles. The molecule has 1 aromatic heterocycles. The number of anilines is 1. The molecule has 0 radical (unpaired) electrons. The molecule has 1 aliphatic rings. The topological polar surface area (TPSA) is 82.5 Å². The van der Waals surface area contributed by atoms with Crippen molar-refractivity contribution in [1.29, 1.82) is 0 Å². The summed E-state index contributed by atoms with van der Waals surface area (Å²) >= 11 is 0. The van der Waals surface area contributed by atoms with Gasteiger partial charge in [-0.2, -0.15) is 18.3 Å². The van der Waals surface area contributed by atoms with Crippen LogP contribution in [0.15, 0.2) is 66.9 Å². The zero-order valence-corrected chi connectivity index (χ0v) is 19.7. The van der Waals surface area contributed by atoms with E-state index >= 15 is 0 Å². The number of urea groups is 1. The minimum absolute atomic E-state index is 0.0298. The first kappa shape index (κ1) is 25.1. The number of carbonyl (C=O) groups is 2. The van der Waals surface area contributed by atoms with E-state index in [2.05, 4.69) is 20.6 Å². The van der Waals surface area contributed by atoms with Gasteiger partial charge in [0.05, 0.1) is 11.3 Å². The highest BCUT2D eigenvalue weighted by Gasteiger charge is 2.39. The van der Waals surface area contributed by atoms with Crippen LogP contribution < -0.4 is 15.5 Å². The van der Waals surface area contributed by atoms with E-state index in [0.29, 0.717) is 25.3 Å². The molecule has 190 valence electrons. The van der Waals surface area contributed by atoms with Crippen molar-refractivity contribution >= 4 is 17.6 Å². The van der Waals surface area contributed by atoms with Crippen LogP contribution in [0.4, 0.5) is 23.7 Å². The van der Waals surface area contributed by atoms with Gasteiger partial charge < -0.3 is 20.4 Å². The van der Waals surface area contributed by atoms with Gasteiger partial charge in [-0.1, -0.05) is 36.4 Å². The van der Waals surface area contributed by atoms with Gasteiger partial charge in [0.15, 0.2) is 5.69 Å². The van der Waals surface area contributed by atoms with Crippen molar-refractivity contribution in [1.82, 2.24) is 25.3 Å². The highest BCUT2D eigenvalue weighted by Crippen LogP contribution is 2.31. The standard InChI is InChI=1S/C25H27F3N6O2/c1-18-16-32(14-15-33(18)19-8-4-2-5-9-19)24(36)30-13-12-29-23(35)21-17-34(20-10-6-3-7-11-20)31-22(21)25(26,27)28/h2-11,17-18H,12-16H2,1H3,(H,29,35)(H,30,36). The molecular formula is C25H27F3N6O2. The van der Waals surface area contributed by atoms with E-state index < -0.39 is 23.3 Å². The average Bonchev–Trinajstić information content (AvgIpc) is 3.34. The summed E-state index contributed by atoms with van der Waals surface area (Å²) in [6.07, 6.45) is -3.74. The van der Waals surface area contributed by atoms with Crippen molar-refractivity contribution < 1.29 is 22.8 Å². The van der Waals surface area contributed by atoms with Crippen molar-refractivity contribution in [3.63, 3.8) is 0 Å². The molecule has 1 saturated heterocycles. The fourth-order valence-electron chi connectivity index (χ4n) is 4.16. The van der Waals surface area contributed by atoms with Crippen LogP contribution in [0, 0.1) is 0 Å². The number of aromatic nitrogens is 2. The van der Waals surface area contributed by atoms with Gasteiger partial charge in [-0.3, -0.25) is 4.79 Å². The van der Waals surface area contributed by atoms with E-state index in [0.717, 1.165) is 16.6 Å². The molecule has 0 bridgehead atoms. The Labute approximate surface area is 206 Å². The van der Waals surface area contributed by atoms with Gasteiger partial charge in [0, 0.05) is 50.6 Å². The van der Waals surface area contributed by atoms with E-state index in [1.54, 1.807) is 35.2 Å². The Morgan fingerprint density at radius 1 is 0.944 bits per heavy atom. The average molecular weight is 501 g/mol. The molecule has 3 amide bonds. The Morgan fingerprint density at radius 2 is 1.56 bits per heavy atom. The van der Waals surface area contributed by atoms with E-state index in [1.165, 1.54) is 0 Å². The van der Waals surface area contributed by atoms with E-state index in [9.17, 15) is 22.8 Å². The Kier molecular flexibility index (Phi) is 7.47. The molecule has 1 aliphatic heterocycles. The smallest absolute Gasteiger partial charge is 0.365 e. The molecule has 1 atom stereocenters. The van der Waals surface area contributed by atoms with Crippen LogP contribution >= 0.6 is 0 Å². The Bertz CT molecular complexity index is 1180. The summed E-state index contributed by atoms with van der Waals surface area (Å²) in [7, 11) is 0. The molecule has 36 heavy (non-hydrogen) atoms. The monoisotopic (exact) mass is 500 g/mol. The second-order valence-corrected chi connectivity index (χ2v) is 8.48. The van der Waals surface area contributed by atoms with E-state index in [-0.39, 0.29) is 25.2 Å². The summed E-state index contributed by atoms with van der Waals surface area (Å²) in [6, 6.07) is 18.0. The number of halogens is 3. The van der Waals surface area contributed by atoms with Crippen LogP contribution in [-0.2, 0) is 6.18 Å². The number of para-hydroxylation sites is 2. The SMILES string of the molecule is CC1CN(C(=O)NCCNC(=O)c2cn(-c3ccccc3)nc2C(F)(F)F)CCN1c1ccccc1. The zero-order valence-electron chi connectivity index (χ0n) is 19.7. The van der Waals surface area contributed by atoms with E-state index in [4.69, 9.17) is 0 Å².